The first kappa shape index (κ1) is 17.0. The highest BCUT2D eigenvalue weighted by Crippen LogP contribution is 2.56. The van der Waals surface area contributed by atoms with E-state index in [-0.39, 0.29) is 25.1 Å². The van der Waals surface area contributed by atoms with Gasteiger partial charge in [0, 0.05) is 30.4 Å². The van der Waals surface area contributed by atoms with Crippen LogP contribution in [0.3, 0.4) is 0 Å². The summed E-state index contributed by atoms with van der Waals surface area (Å²) in [5.41, 5.74) is 1.58. The molecule has 0 radical (unpaired) electrons. The Hall–Kier alpha value is -2.12. The summed E-state index contributed by atoms with van der Waals surface area (Å²) >= 11 is 0. The Labute approximate surface area is 157 Å². The second-order valence-electron chi connectivity index (χ2n) is 8.63. The molecular formula is C20H26N4O3. The van der Waals surface area contributed by atoms with E-state index in [0.29, 0.717) is 23.3 Å². The number of carbonyl (C=O) groups is 1. The second kappa shape index (κ2) is 6.21. The highest BCUT2D eigenvalue weighted by molar-refractivity contribution is 6.06. The monoisotopic (exact) mass is 370 g/mol. The average molecular weight is 370 g/mol. The van der Waals surface area contributed by atoms with Crippen molar-refractivity contribution in [1.82, 2.24) is 15.3 Å². The molecule has 2 heterocycles. The van der Waals surface area contributed by atoms with Crippen molar-refractivity contribution in [2.45, 2.75) is 43.7 Å². The topological polar surface area (TPSA) is 110 Å². The summed E-state index contributed by atoms with van der Waals surface area (Å²) in [6.45, 7) is 0.119. The molecule has 4 fully saturated rings. The fourth-order valence-corrected chi connectivity index (χ4v) is 5.98. The molecule has 27 heavy (non-hydrogen) atoms. The molecule has 2 unspecified atom stereocenters. The number of fused-ring (bicyclic) bond motifs is 1. The number of carbonyl (C=O) groups excluding carboxylic acids is 1. The third kappa shape index (κ3) is 2.80. The lowest BCUT2D eigenvalue weighted by Crippen LogP contribution is -2.59. The summed E-state index contributed by atoms with van der Waals surface area (Å²) < 4.78 is 0. The summed E-state index contributed by atoms with van der Waals surface area (Å²) in [5.74, 6) is 1.29. The minimum absolute atomic E-state index is 0.0962. The maximum atomic E-state index is 12.6. The van der Waals surface area contributed by atoms with Gasteiger partial charge in [0.25, 0.3) is 5.91 Å². The van der Waals surface area contributed by atoms with E-state index in [1.165, 1.54) is 0 Å². The van der Waals surface area contributed by atoms with E-state index < -0.39 is 5.60 Å². The van der Waals surface area contributed by atoms with Gasteiger partial charge < -0.3 is 25.8 Å². The predicted octanol–water partition coefficient (Wildman–Crippen LogP) is 1.64. The average Bonchev–Trinajstić information content (AvgIpc) is 3.10. The number of rotatable bonds is 5. The van der Waals surface area contributed by atoms with E-state index in [0.717, 1.165) is 48.8 Å². The summed E-state index contributed by atoms with van der Waals surface area (Å²) in [7, 11) is 0. The van der Waals surface area contributed by atoms with Gasteiger partial charge in [-0.1, -0.05) is 0 Å². The Balaban J connectivity index is 1.49. The number of H-pyrrole nitrogens is 1. The van der Waals surface area contributed by atoms with Crippen LogP contribution in [0.4, 0.5) is 5.69 Å². The van der Waals surface area contributed by atoms with Crippen molar-refractivity contribution in [2.75, 3.05) is 18.5 Å². The molecule has 2 aromatic rings. The Kier molecular flexibility index (Phi) is 3.91. The number of aromatic amines is 1. The number of aromatic nitrogens is 2. The minimum atomic E-state index is -0.475. The fraction of sp³-hybridized carbons (Fsp3) is 0.600. The molecule has 0 saturated heterocycles. The van der Waals surface area contributed by atoms with E-state index in [1.54, 1.807) is 6.20 Å². The van der Waals surface area contributed by atoms with E-state index >= 15 is 0 Å². The van der Waals surface area contributed by atoms with Crippen molar-refractivity contribution in [3.8, 4) is 0 Å². The van der Waals surface area contributed by atoms with E-state index in [2.05, 4.69) is 20.6 Å². The standard InChI is InChI=1S/C20H26N4O3/c25-4-3-22-19(26)15-10-23-18-14(1-2-21-18)17(15)24-16-12-5-11-6-13(16)9-20(27,7-11)8-12/h1-2,10-13,16,25,27H,3-9H2,(H,22,26)(H2,21,23,24)/t11?,12?,13?,16-,20+. The number of aliphatic hydroxyl groups is 2. The molecule has 2 aromatic heterocycles. The normalized spacial score (nSPS) is 34.1. The number of aliphatic hydroxyl groups excluding tert-OH is 1. The Bertz CT molecular complexity index is 863. The van der Waals surface area contributed by atoms with Gasteiger partial charge in [0.2, 0.25) is 0 Å². The first-order valence-corrected chi connectivity index (χ1v) is 9.90. The molecule has 144 valence electrons. The SMILES string of the molecule is O=C(NCCO)c1cnc2[nH]ccc2c1N[C@H]1C2CC3CC1C[C@@](O)(C3)C2. The van der Waals surface area contributed by atoms with Crippen LogP contribution in [0.1, 0.15) is 42.5 Å². The Morgan fingerprint density at radius 3 is 2.78 bits per heavy atom. The number of anilines is 1. The molecule has 1 amide bonds. The van der Waals surface area contributed by atoms with E-state index in [9.17, 15) is 9.90 Å². The van der Waals surface area contributed by atoms with Crippen LogP contribution >= 0.6 is 0 Å². The van der Waals surface area contributed by atoms with Crippen molar-refractivity contribution in [1.29, 1.82) is 0 Å². The summed E-state index contributed by atoms with van der Waals surface area (Å²) in [4.78, 5) is 20.1. The molecule has 7 nitrogen and oxygen atoms in total. The number of hydrogen-bond donors (Lipinski definition) is 5. The lowest BCUT2D eigenvalue weighted by molar-refractivity contribution is -0.129. The quantitative estimate of drug-likeness (QED) is 0.550. The summed E-state index contributed by atoms with van der Waals surface area (Å²) in [6.07, 6.45) is 8.40. The highest BCUT2D eigenvalue weighted by atomic mass is 16.3. The van der Waals surface area contributed by atoms with Crippen LogP contribution in [0.2, 0.25) is 0 Å². The summed E-state index contributed by atoms with van der Waals surface area (Å²) in [6, 6.07) is 2.21. The van der Waals surface area contributed by atoms with Crippen LogP contribution in [-0.2, 0) is 0 Å². The zero-order valence-electron chi connectivity index (χ0n) is 15.2. The molecule has 7 heteroatoms. The van der Waals surface area contributed by atoms with Crippen LogP contribution in [0, 0.1) is 17.8 Å². The predicted molar refractivity (Wildman–Crippen MR) is 101 cm³/mol. The van der Waals surface area contributed by atoms with Gasteiger partial charge in [0.05, 0.1) is 23.5 Å². The van der Waals surface area contributed by atoms with Gasteiger partial charge in [0.1, 0.15) is 5.65 Å². The third-order valence-corrected chi connectivity index (χ3v) is 6.78. The summed E-state index contributed by atoms with van der Waals surface area (Å²) in [5, 5.41) is 27.2. The molecule has 4 bridgehead atoms. The number of hydrogen-bond acceptors (Lipinski definition) is 5. The van der Waals surface area contributed by atoms with Crippen molar-refractivity contribution >= 4 is 22.6 Å². The van der Waals surface area contributed by atoms with E-state index in [4.69, 9.17) is 5.11 Å². The number of nitrogens with one attached hydrogen (secondary N) is 3. The van der Waals surface area contributed by atoms with Crippen molar-refractivity contribution in [2.24, 2.45) is 17.8 Å². The molecule has 4 saturated carbocycles. The van der Waals surface area contributed by atoms with Gasteiger partial charge >= 0.3 is 0 Å². The van der Waals surface area contributed by atoms with Gasteiger partial charge in [-0.15, -0.1) is 0 Å². The van der Waals surface area contributed by atoms with Gasteiger partial charge in [0.15, 0.2) is 0 Å². The van der Waals surface area contributed by atoms with E-state index in [1.807, 2.05) is 12.3 Å². The molecule has 4 aliphatic rings. The van der Waals surface area contributed by atoms with Gasteiger partial charge in [-0.2, -0.15) is 0 Å². The first-order chi connectivity index (χ1) is 13.1. The zero-order valence-corrected chi connectivity index (χ0v) is 15.2. The molecule has 5 N–H and O–H groups in total. The van der Waals surface area contributed by atoms with Crippen molar-refractivity contribution in [3.63, 3.8) is 0 Å². The molecular weight excluding hydrogens is 344 g/mol. The maximum Gasteiger partial charge on any atom is 0.255 e. The third-order valence-electron chi connectivity index (χ3n) is 6.78. The molecule has 0 aliphatic heterocycles. The number of nitrogens with zero attached hydrogens (tertiary/aromatic N) is 1. The molecule has 6 rings (SSSR count). The smallest absolute Gasteiger partial charge is 0.255 e. The van der Waals surface area contributed by atoms with Gasteiger partial charge in [-0.3, -0.25) is 4.79 Å². The van der Waals surface area contributed by atoms with Gasteiger partial charge in [-0.05, 0) is 55.9 Å². The fourth-order valence-electron chi connectivity index (χ4n) is 5.98. The zero-order chi connectivity index (χ0) is 18.6. The van der Waals surface area contributed by atoms with Crippen LogP contribution in [0.5, 0.6) is 0 Å². The Morgan fingerprint density at radius 2 is 2.07 bits per heavy atom. The highest BCUT2D eigenvalue weighted by Gasteiger charge is 2.54. The molecule has 0 aromatic carbocycles. The first-order valence-electron chi connectivity index (χ1n) is 9.90. The number of pyridine rings is 1. The van der Waals surface area contributed by atoms with Crippen LogP contribution in [-0.4, -0.2) is 50.9 Å². The second-order valence-corrected chi connectivity index (χ2v) is 8.63. The number of amides is 1. The van der Waals surface area contributed by atoms with Crippen LogP contribution < -0.4 is 10.6 Å². The van der Waals surface area contributed by atoms with Crippen molar-refractivity contribution < 1.29 is 15.0 Å². The largest absolute Gasteiger partial charge is 0.395 e. The maximum absolute atomic E-state index is 12.6. The van der Waals surface area contributed by atoms with Crippen molar-refractivity contribution in [3.05, 3.63) is 24.0 Å². The molecule has 4 aliphatic carbocycles. The van der Waals surface area contributed by atoms with Gasteiger partial charge in [-0.25, -0.2) is 4.98 Å². The lowest BCUT2D eigenvalue weighted by Gasteiger charge is -2.58. The van der Waals surface area contributed by atoms with Crippen LogP contribution in [0.15, 0.2) is 18.5 Å². The molecule has 0 spiro atoms. The lowest BCUT2D eigenvalue weighted by atomic mass is 9.52. The van der Waals surface area contributed by atoms with Crippen LogP contribution in [0.25, 0.3) is 11.0 Å². The minimum Gasteiger partial charge on any atom is -0.395 e. The Morgan fingerprint density at radius 1 is 1.30 bits per heavy atom. The molecule has 2 atom stereocenters.